The zero-order chi connectivity index (χ0) is 7.98. The highest BCUT2D eigenvalue weighted by atomic mass is 16.5. The van der Waals surface area contributed by atoms with Gasteiger partial charge in [0.1, 0.15) is 6.11 Å². The topological polar surface area (TPSA) is 38.3 Å². The minimum absolute atomic E-state index is 0.120. The average Bonchev–Trinajstić information content (AvgIpc) is 1.82. The van der Waals surface area contributed by atoms with Gasteiger partial charge >= 0.3 is 0 Å². The van der Waals surface area contributed by atoms with Crippen molar-refractivity contribution in [2.75, 3.05) is 0 Å². The van der Waals surface area contributed by atoms with Crippen molar-refractivity contribution < 1.29 is 9.53 Å². The van der Waals surface area contributed by atoms with E-state index in [1.165, 1.54) is 6.92 Å². The van der Waals surface area contributed by atoms with E-state index in [0.717, 1.165) is 0 Å². The Morgan fingerprint density at radius 1 is 1.70 bits per heavy atom. The normalized spacial score (nSPS) is 10.7. The van der Waals surface area contributed by atoms with Crippen LogP contribution >= 0.6 is 0 Å². The van der Waals surface area contributed by atoms with Crippen molar-refractivity contribution in [1.29, 1.82) is 0 Å². The van der Waals surface area contributed by atoms with Gasteiger partial charge < -0.3 is 10.1 Å². The summed E-state index contributed by atoms with van der Waals surface area (Å²) in [5, 5.41) is 2.51. The van der Waals surface area contributed by atoms with Crippen LogP contribution in [0.4, 0.5) is 0 Å². The largest absolute Gasteiger partial charge is 0.421 e. The molecule has 0 aliphatic heterocycles. The molecule has 56 valence electrons. The summed E-state index contributed by atoms with van der Waals surface area (Å²) >= 11 is 0. The second-order valence-electron chi connectivity index (χ2n) is 1.81. The Labute approximate surface area is 60.8 Å². The molecule has 0 aromatic carbocycles. The van der Waals surface area contributed by atoms with Gasteiger partial charge in [0, 0.05) is 13.8 Å². The van der Waals surface area contributed by atoms with Crippen LogP contribution in [0.1, 0.15) is 20.8 Å². The monoisotopic (exact) mass is 141 g/mol. The van der Waals surface area contributed by atoms with Gasteiger partial charge in [-0.3, -0.25) is 4.79 Å². The summed E-state index contributed by atoms with van der Waals surface area (Å²) in [4.78, 5) is 10.4. The van der Waals surface area contributed by atoms with Crippen LogP contribution in [0.3, 0.4) is 0 Å². The number of hydrogen-bond donors (Lipinski definition) is 1. The highest BCUT2D eigenvalue weighted by molar-refractivity contribution is 5.72. The molecular formula is C7H11NO2. The molecular weight excluding hydrogens is 130 g/mol. The van der Waals surface area contributed by atoms with E-state index in [2.05, 4.69) is 17.3 Å². The Hall–Kier alpha value is -1.17. The lowest BCUT2D eigenvalue weighted by molar-refractivity contribution is -0.121. The third kappa shape index (κ3) is 4.98. The first-order valence-electron chi connectivity index (χ1n) is 3.01. The summed E-state index contributed by atoms with van der Waals surface area (Å²) in [5.74, 6) is 2.43. The second kappa shape index (κ2) is 4.68. The van der Waals surface area contributed by atoms with Gasteiger partial charge in [0.05, 0.1) is 0 Å². The third-order valence-electron chi connectivity index (χ3n) is 0.744. The van der Waals surface area contributed by atoms with Gasteiger partial charge in [-0.2, -0.15) is 0 Å². The minimum Gasteiger partial charge on any atom is -0.421 e. The van der Waals surface area contributed by atoms with Crippen molar-refractivity contribution in [3.05, 3.63) is 0 Å². The Balaban J connectivity index is 3.50. The highest BCUT2D eigenvalue weighted by Gasteiger charge is 1.99. The number of nitrogens with one attached hydrogen (secondary N) is 1. The van der Waals surface area contributed by atoms with Crippen molar-refractivity contribution in [3.63, 3.8) is 0 Å². The fraction of sp³-hybridized carbons (Fsp3) is 0.571. The summed E-state index contributed by atoms with van der Waals surface area (Å²) in [5.41, 5.74) is 0. The summed E-state index contributed by atoms with van der Waals surface area (Å²) in [6.07, 6.45) is 2.06. The van der Waals surface area contributed by atoms with Gasteiger partial charge in [0.15, 0.2) is 6.23 Å². The summed E-state index contributed by atoms with van der Waals surface area (Å²) in [6, 6.07) is 0. The van der Waals surface area contributed by atoms with Gasteiger partial charge in [0.25, 0.3) is 0 Å². The Morgan fingerprint density at radius 3 is 2.70 bits per heavy atom. The van der Waals surface area contributed by atoms with Crippen LogP contribution in [0, 0.1) is 12.0 Å². The van der Waals surface area contributed by atoms with E-state index in [1.807, 2.05) is 0 Å². The van der Waals surface area contributed by atoms with Crippen LogP contribution in [0.2, 0.25) is 0 Å². The number of carbonyl (C=O) groups excluding carboxylic acids is 1. The Morgan fingerprint density at radius 2 is 2.30 bits per heavy atom. The Bertz CT molecular complexity index is 166. The van der Waals surface area contributed by atoms with E-state index in [0.29, 0.717) is 0 Å². The van der Waals surface area contributed by atoms with Crippen LogP contribution in [-0.4, -0.2) is 12.1 Å². The van der Waals surface area contributed by atoms with E-state index in [-0.39, 0.29) is 12.1 Å². The molecule has 0 saturated heterocycles. The smallest absolute Gasteiger partial charge is 0.219 e. The lowest BCUT2D eigenvalue weighted by atomic mass is 10.6. The first kappa shape index (κ1) is 8.83. The molecule has 1 amide bonds. The molecule has 3 heteroatoms. The molecule has 0 saturated carbocycles. The predicted octanol–water partition coefficient (Wildman–Crippen LogP) is 0.466. The maximum absolute atomic E-state index is 10.4. The molecule has 0 radical (unpaired) electrons. The van der Waals surface area contributed by atoms with Gasteiger partial charge in [-0.15, -0.1) is 0 Å². The fourth-order valence-electron chi connectivity index (χ4n) is 0.463. The van der Waals surface area contributed by atoms with E-state index >= 15 is 0 Å². The molecule has 0 spiro atoms. The minimum atomic E-state index is -0.329. The quantitative estimate of drug-likeness (QED) is 0.448. The van der Waals surface area contributed by atoms with Gasteiger partial charge in [0.2, 0.25) is 5.91 Å². The summed E-state index contributed by atoms with van der Waals surface area (Å²) < 4.78 is 4.81. The van der Waals surface area contributed by atoms with E-state index in [1.54, 1.807) is 13.8 Å². The molecule has 10 heavy (non-hydrogen) atoms. The van der Waals surface area contributed by atoms with Crippen LogP contribution in [0.25, 0.3) is 0 Å². The highest BCUT2D eigenvalue weighted by Crippen LogP contribution is 1.81. The lowest BCUT2D eigenvalue weighted by Crippen LogP contribution is -2.31. The van der Waals surface area contributed by atoms with Crippen LogP contribution in [0.5, 0.6) is 0 Å². The predicted molar refractivity (Wildman–Crippen MR) is 37.8 cm³/mol. The van der Waals surface area contributed by atoms with Crippen molar-refractivity contribution in [2.45, 2.75) is 27.0 Å². The molecule has 0 aliphatic rings. The van der Waals surface area contributed by atoms with Crippen molar-refractivity contribution >= 4 is 5.91 Å². The maximum atomic E-state index is 10.4. The van der Waals surface area contributed by atoms with Crippen molar-refractivity contribution in [2.24, 2.45) is 0 Å². The number of hydrogen-bond acceptors (Lipinski definition) is 2. The number of ether oxygens (including phenoxy) is 1. The molecule has 0 aromatic heterocycles. The van der Waals surface area contributed by atoms with Crippen LogP contribution in [0.15, 0.2) is 0 Å². The third-order valence-corrected chi connectivity index (χ3v) is 0.744. The first-order chi connectivity index (χ1) is 4.66. The lowest BCUT2D eigenvalue weighted by Gasteiger charge is -2.08. The summed E-state index contributed by atoms with van der Waals surface area (Å²) in [7, 11) is 0. The van der Waals surface area contributed by atoms with Crippen LogP contribution in [-0.2, 0) is 9.53 Å². The molecule has 0 aliphatic carbocycles. The SMILES string of the molecule is CC#COC(C)NC(C)=O. The van der Waals surface area contributed by atoms with E-state index in [9.17, 15) is 4.79 Å². The van der Waals surface area contributed by atoms with Crippen molar-refractivity contribution in [1.82, 2.24) is 5.32 Å². The molecule has 0 rings (SSSR count). The number of carbonyl (C=O) groups is 1. The van der Waals surface area contributed by atoms with Crippen molar-refractivity contribution in [3.8, 4) is 12.0 Å². The second-order valence-corrected chi connectivity index (χ2v) is 1.81. The van der Waals surface area contributed by atoms with E-state index < -0.39 is 0 Å². The number of amides is 1. The average molecular weight is 141 g/mol. The molecule has 0 heterocycles. The molecule has 0 fully saturated rings. The molecule has 1 unspecified atom stereocenters. The Kier molecular flexibility index (Phi) is 4.14. The van der Waals surface area contributed by atoms with Gasteiger partial charge in [-0.05, 0) is 6.92 Å². The standard InChI is InChI=1S/C7H11NO2/c1-4-5-10-7(3)8-6(2)9/h7H,1-3H3,(H,8,9). The van der Waals surface area contributed by atoms with Gasteiger partial charge in [-0.25, -0.2) is 0 Å². The number of rotatable bonds is 2. The maximum Gasteiger partial charge on any atom is 0.219 e. The summed E-state index contributed by atoms with van der Waals surface area (Å²) in [6.45, 7) is 4.81. The zero-order valence-corrected chi connectivity index (χ0v) is 6.39. The van der Waals surface area contributed by atoms with Gasteiger partial charge in [-0.1, -0.05) is 5.92 Å². The molecule has 0 bridgehead atoms. The molecule has 1 N–H and O–H groups in total. The zero-order valence-electron chi connectivity index (χ0n) is 6.39. The molecule has 3 nitrogen and oxygen atoms in total. The van der Waals surface area contributed by atoms with E-state index in [4.69, 9.17) is 4.74 Å². The van der Waals surface area contributed by atoms with Crippen LogP contribution < -0.4 is 5.32 Å². The fourth-order valence-corrected chi connectivity index (χ4v) is 0.463. The first-order valence-corrected chi connectivity index (χ1v) is 3.01. The molecule has 0 aromatic rings. The molecule has 1 atom stereocenters.